The Balaban J connectivity index is 1.51. The number of aromatic amines is 1. The van der Waals surface area contributed by atoms with Crippen molar-refractivity contribution in [3.8, 4) is 0 Å². The van der Waals surface area contributed by atoms with E-state index in [1.165, 1.54) is 37.9 Å². The van der Waals surface area contributed by atoms with Gasteiger partial charge in [0.2, 0.25) is 0 Å². The van der Waals surface area contributed by atoms with Gasteiger partial charge in [-0.1, -0.05) is 30.2 Å². The van der Waals surface area contributed by atoms with Gasteiger partial charge in [-0.05, 0) is 56.1 Å². The minimum Gasteiger partial charge on any atom is -0.356 e. The Kier molecular flexibility index (Phi) is 5.36. The van der Waals surface area contributed by atoms with E-state index in [4.69, 9.17) is 11.6 Å². The van der Waals surface area contributed by atoms with Gasteiger partial charge >= 0.3 is 0 Å². The first-order chi connectivity index (χ1) is 11.2. The summed E-state index contributed by atoms with van der Waals surface area (Å²) in [4.78, 5) is 17.4. The Morgan fingerprint density at radius 1 is 1.17 bits per heavy atom. The number of piperidine rings is 1. The Morgan fingerprint density at radius 3 is 2.57 bits per heavy atom. The largest absolute Gasteiger partial charge is 0.356 e. The van der Waals surface area contributed by atoms with E-state index < -0.39 is 0 Å². The van der Waals surface area contributed by atoms with E-state index >= 15 is 0 Å². The zero-order valence-electron chi connectivity index (χ0n) is 13.1. The van der Waals surface area contributed by atoms with Crippen LogP contribution in [0.15, 0.2) is 36.5 Å². The van der Waals surface area contributed by atoms with Gasteiger partial charge in [0.1, 0.15) is 5.69 Å². The molecule has 5 heteroatoms. The minimum absolute atomic E-state index is 0.182. The van der Waals surface area contributed by atoms with E-state index in [1.54, 1.807) is 12.3 Å². The molecule has 3 rings (SSSR count). The monoisotopic (exact) mass is 331 g/mol. The summed E-state index contributed by atoms with van der Waals surface area (Å²) < 4.78 is 0. The molecule has 122 valence electrons. The molecular formula is C18H22ClN3O. The molecule has 1 aliphatic heterocycles. The van der Waals surface area contributed by atoms with Gasteiger partial charge in [0.05, 0.1) is 5.02 Å². The third-order valence-electron chi connectivity index (χ3n) is 4.27. The fourth-order valence-corrected chi connectivity index (χ4v) is 3.09. The SMILES string of the molecule is O=C(Nc1ccc(CCN2CCCCC2)cc1)c1cc(Cl)c[nH]1. The summed E-state index contributed by atoms with van der Waals surface area (Å²) >= 11 is 5.81. The molecule has 0 atom stereocenters. The second-order valence-corrected chi connectivity index (χ2v) is 6.47. The van der Waals surface area contributed by atoms with Crippen LogP contribution < -0.4 is 5.32 Å². The number of halogens is 1. The molecule has 1 aromatic carbocycles. The molecule has 0 unspecified atom stereocenters. The Morgan fingerprint density at radius 2 is 1.91 bits per heavy atom. The zero-order chi connectivity index (χ0) is 16.1. The zero-order valence-corrected chi connectivity index (χ0v) is 13.9. The summed E-state index contributed by atoms with van der Waals surface area (Å²) in [5.74, 6) is -0.182. The van der Waals surface area contributed by atoms with Gasteiger partial charge in [-0.25, -0.2) is 0 Å². The van der Waals surface area contributed by atoms with E-state index in [0.717, 1.165) is 18.7 Å². The van der Waals surface area contributed by atoms with Crippen molar-refractivity contribution in [1.29, 1.82) is 0 Å². The average Bonchev–Trinajstić information content (AvgIpc) is 3.02. The summed E-state index contributed by atoms with van der Waals surface area (Å²) in [6.07, 6.45) is 6.68. The predicted octanol–water partition coefficient (Wildman–Crippen LogP) is 3.95. The minimum atomic E-state index is -0.182. The number of nitrogens with zero attached hydrogens (tertiary/aromatic N) is 1. The lowest BCUT2D eigenvalue weighted by molar-refractivity contribution is 0.102. The van der Waals surface area contributed by atoms with Crippen LogP contribution in [0.25, 0.3) is 0 Å². The molecule has 1 amide bonds. The third kappa shape index (κ3) is 4.60. The normalized spacial score (nSPS) is 15.5. The average molecular weight is 332 g/mol. The molecule has 0 spiro atoms. The van der Waals surface area contributed by atoms with E-state index in [2.05, 4.69) is 27.3 Å². The standard InChI is InChI=1S/C18H22ClN3O/c19-15-12-17(20-13-15)18(23)21-16-6-4-14(5-7-16)8-11-22-9-2-1-3-10-22/h4-7,12-13,20H,1-3,8-11H2,(H,21,23). The van der Waals surface area contributed by atoms with Gasteiger partial charge in [0, 0.05) is 18.4 Å². The lowest BCUT2D eigenvalue weighted by Crippen LogP contribution is -2.31. The Labute approximate surface area is 141 Å². The number of benzene rings is 1. The van der Waals surface area contributed by atoms with Crippen molar-refractivity contribution in [3.05, 3.63) is 52.8 Å². The number of hydrogen-bond acceptors (Lipinski definition) is 2. The highest BCUT2D eigenvalue weighted by Crippen LogP contribution is 2.15. The Hall–Kier alpha value is -1.78. The Bertz CT molecular complexity index is 645. The lowest BCUT2D eigenvalue weighted by atomic mass is 10.1. The second kappa shape index (κ2) is 7.66. The van der Waals surface area contributed by atoms with Crippen LogP contribution in [0.3, 0.4) is 0 Å². The van der Waals surface area contributed by atoms with Gasteiger partial charge in [-0.2, -0.15) is 0 Å². The van der Waals surface area contributed by atoms with Crippen molar-refractivity contribution in [3.63, 3.8) is 0 Å². The van der Waals surface area contributed by atoms with Crippen LogP contribution >= 0.6 is 11.6 Å². The lowest BCUT2D eigenvalue weighted by Gasteiger charge is -2.26. The summed E-state index contributed by atoms with van der Waals surface area (Å²) in [5, 5.41) is 3.40. The van der Waals surface area contributed by atoms with E-state index in [1.807, 2.05) is 12.1 Å². The fraction of sp³-hybridized carbons (Fsp3) is 0.389. The van der Waals surface area contributed by atoms with Crippen LogP contribution in [-0.4, -0.2) is 35.4 Å². The van der Waals surface area contributed by atoms with Crippen molar-refractivity contribution in [2.45, 2.75) is 25.7 Å². The van der Waals surface area contributed by atoms with Crippen LogP contribution in [0, 0.1) is 0 Å². The number of likely N-dealkylation sites (tertiary alicyclic amines) is 1. The highest BCUT2D eigenvalue weighted by atomic mass is 35.5. The third-order valence-corrected chi connectivity index (χ3v) is 4.49. The molecule has 0 aliphatic carbocycles. The number of amides is 1. The summed E-state index contributed by atoms with van der Waals surface area (Å²) in [6.45, 7) is 3.58. The molecule has 1 saturated heterocycles. The number of nitrogens with one attached hydrogen (secondary N) is 2. The molecular weight excluding hydrogens is 310 g/mol. The molecule has 23 heavy (non-hydrogen) atoms. The molecule has 4 nitrogen and oxygen atoms in total. The smallest absolute Gasteiger partial charge is 0.272 e. The molecule has 1 fully saturated rings. The maximum atomic E-state index is 12.0. The molecule has 2 aromatic rings. The first-order valence-corrected chi connectivity index (χ1v) is 8.55. The highest BCUT2D eigenvalue weighted by molar-refractivity contribution is 6.31. The van der Waals surface area contributed by atoms with Gasteiger partial charge in [0.15, 0.2) is 0 Å². The number of rotatable bonds is 5. The highest BCUT2D eigenvalue weighted by Gasteiger charge is 2.10. The van der Waals surface area contributed by atoms with Gasteiger partial charge in [-0.3, -0.25) is 4.79 Å². The molecule has 0 saturated carbocycles. The molecule has 2 heterocycles. The van der Waals surface area contributed by atoms with Gasteiger partial charge in [0.25, 0.3) is 5.91 Å². The first-order valence-electron chi connectivity index (χ1n) is 8.17. The maximum Gasteiger partial charge on any atom is 0.272 e. The van der Waals surface area contributed by atoms with Crippen LogP contribution in [0.4, 0.5) is 5.69 Å². The molecule has 2 N–H and O–H groups in total. The number of H-pyrrole nitrogens is 1. The number of hydrogen-bond donors (Lipinski definition) is 2. The first kappa shape index (κ1) is 16.1. The van der Waals surface area contributed by atoms with Crippen LogP contribution in [0.2, 0.25) is 5.02 Å². The van der Waals surface area contributed by atoms with E-state index in [0.29, 0.717) is 10.7 Å². The fourth-order valence-electron chi connectivity index (χ4n) is 2.92. The summed E-state index contributed by atoms with van der Waals surface area (Å²) in [5.41, 5.74) is 2.56. The quantitative estimate of drug-likeness (QED) is 0.871. The van der Waals surface area contributed by atoms with Crippen molar-refractivity contribution in [1.82, 2.24) is 9.88 Å². The topological polar surface area (TPSA) is 48.1 Å². The number of aromatic nitrogens is 1. The molecule has 0 radical (unpaired) electrons. The van der Waals surface area contributed by atoms with Crippen molar-refractivity contribution in [2.75, 3.05) is 25.0 Å². The van der Waals surface area contributed by atoms with Crippen molar-refractivity contribution < 1.29 is 4.79 Å². The van der Waals surface area contributed by atoms with Gasteiger partial charge < -0.3 is 15.2 Å². The predicted molar refractivity (Wildman–Crippen MR) is 94.2 cm³/mol. The molecule has 0 bridgehead atoms. The summed E-state index contributed by atoms with van der Waals surface area (Å²) in [7, 11) is 0. The number of carbonyl (C=O) groups excluding carboxylic acids is 1. The van der Waals surface area contributed by atoms with Crippen LogP contribution in [0.5, 0.6) is 0 Å². The van der Waals surface area contributed by atoms with E-state index in [9.17, 15) is 4.79 Å². The second-order valence-electron chi connectivity index (χ2n) is 6.03. The van der Waals surface area contributed by atoms with Crippen LogP contribution in [0.1, 0.15) is 35.3 Å². The van der Waals surface area contributed by atoms with E-state index in [-0.39, 0.29) is 5.91 Å². The van der Waals surface area contributed by atoms with Crippen molar-refractivity contribution in [2.24, 2.45) is 0 Å². The van der Waals surface area contributed by atoms with Gasteiger partial charge in [-0.15, -0.1) is 0 Å². The maximum absolute atomic E-state index is 12.0. The molecule has 1 aliphatic rings. The number of anilines is 1. The number of carbonyl (C=O) groups is 1. The van der Waals surface area contributed by atoms with Crippen LogP contribution in [-0.2, 0) is 6.42 Å². The molecule has 1 aromatic heterocycles. The summed E-state index contributed by atoms with van der Waals surface area (Å²) in [6, 6.07) is 9.69. The van der Waals surface area contributed by atoms with Crippen molar-refractivity contribution >= 4 is 23.2 Å².